The summed E-state index contributed by atoms with van der Waals surface area (Å²) in [6, 6.07) is 16.4. The van der Waals surface area contributed by atoms with Crippen LogP contribution in [0.4, 0.5) is 0 Å². The van der Waals surface area contributed by atoms with Crippen molar-refractivity contribution < 1.29 is 14.7 Å². The van der Waals surface area contributed by atoms with Crippen LogP contribution in [0.15, 0.2) is 57.5 Å². The summed E-state index contributed by atoms with van der Waals surface area (Å²) in [5.74, 6) is -0.480. The quantitative estimate of drug-likeness (QED) is 0.193. The summed E-state index contributed by atoms with van der Waals surface area (Å²) in [5, 5.41) is 8.74. The topological polar surface area (TPSA) is 80.4 Å². The van der Waals surface area contributed by atoms with Gasteiger partial charge in [0.05, 0.1) is 4.88 Å². The van der Waals surface area contributed by atoms with Gasteiger partial charge in [-0.1, -0.05) is 44.0 Å². The van der Waals surface area contributed by atoms with Gasteiger partial charge in [-0.2, -0.15) is 0 Å². The average Bonchev–Trinajstić information content (AvgIpc) is 3.62. The van der Waals surface area contributed by atoms with E-state index in [-0.39, 0.29) is 0 Å². The summed E-state index contributed by atoms with van der Waals surface area (Å²) in [6.07, 6.45) is 10.9. The molecule has 0 aliphatic heterocycles. The number of carboxylic acid groups (broad SMARTS) is 1. The molecule has 2 aliphatic rings. The van der Waals surface area contributed by atoms with Crippen LogP contribution in [0.5, 0.6) is 0 Å². The molecule has 8 heteroatoms. The number of nitrogens with two attached hydrogens (primary N) is 1. The molecule has 0 bridgehead atoms. The highest BCUT2D eigenvalue weighted by molar-refractivity contribution is 9.10. The number of hydrogen-bond donors (Lipinski definition) is 2. The lowest BCUT2D eigenvalue weighted by molar-refractivity contribution is 0.0701. The lowest BCUT2D eigenvalue weighted by Crippen LogP contribution is -2.00. The minimum Gasteiger partial charge on any atom is -0.477 e. The molecule has 2 aromatic carbocycles. The maximum absolute atomic E-state index is 12.4. The third-order valence-corrected chi connectivity index (χ3v) is 11.4. The maximum atomic E-state index is 12.4. The molecule has 0 atom stereocenters. The molecule has 4 nitrogen and oxygen atoms in total. The van der Waals surface area contributed by atoms with Crippen LogP contribution in [0.1, 0.15) is 94.6 Å². The van der Waals surface area contributed by atoms with Gasteiger partial charge in [0.15, 0.2) is 5.78 Å². The lowest BCUT2D eigenvalue weighted by atomic mass is 9.98. The molecule has 0 radical (unpaired) electrons. The van der Waals surface area contributed by atoms with Crippen LogP contribution < -0.4 is 5.73 Å². The number of fused-ring (bicyclic) bond motifs is 2. The molecule has 228 valence electrons. The Morgan fingerprint density at radius 1 is 0.744 bits per heavy atom. The van der Waals surface area contributed by atoms with E-state index in [1.54, 1.807) is 11.3 Å². The molecule has 0 unspecified atom stereocenters. The van der Waals surface area contributed by atoms with E-state index in [4.69, 9.17) is 10.8 Å². The number of thiophene rings is 2. The number of carbonyl (C=O) groups is 2. The number of aromatic carboxylic acids is 1. The van der Waals surface area contributed by atoms with Gasteiger partial charge in [0, 0.05) is 31.7 Å². The normalized spacial score (nSPS) is 13.5. The number of aryl methyl sites for hydroxylation is 7. The number of hydrogen-bond acceptors (Lipinski definition) is 5. The number of carboxylic acids is 1. The van der Waals surface area contributed by atoms with Crippen molar-refractivity contribution in [1.82, 2.24) is 0 Å². The third kappa shape index (κ3) is 9.69. The molecular weight excluding hydrogens is 706 g/mol. The summed E-state index contributed by atoms with van der Waals surface area (Å²) >= 11 is 10.0. The summed E-state index contributed by atoms with van der Waals surface area (Å²) in [4.78, 5) is 27.3. The average molecular weight is 746 g/mol. The first-order valence-electron chi connectivity index (χ1n) is 14.8. The fourth-order valence-corrected chi connectivity index (χ4v) is 8.69. The fraction of sp³-hybridized carbons (Fsp3) is 0.371. The van der Waals surface area contributed by atoms with Gasteiger partial charge in [-0.15, -0.1) is 22.7 Å². The van der Waals surface area contributed by atoms with Crippen molar-refractivity contribution >= 4 is 66.3 Å². The van der Waals surface area contributed by atoms with E-state index in [0.717, 1.165) is 39.5 Å². The van der Waals surface area contributed by atoms with Gasteiger partial charge in [-0.25, -0.2) is 4.79 Å². The molecule has 0 fully saturated rings. The van der Waals surface area contributed by atoms with Crippen LogP contribution in [0.2, 0.25) is 0 Å². The molecule has 2 aromatic heterocycles. The molecule has 4 aromatic rings. The largest absolute Gasteiger partial charge is 0.477 e. The first kappa shape index (κ1) is 33.8. The van der Waals surface area contributed by atoms with Gasteiger partial charge in [-0.05, 0) is 141 Å². The molecule has 43 heavy (non-hydrogen) atoms. The minimum atomic E-state index is -0.783. The van der Waals surface area contributed by atoms with E-state index >= 15 is 0 Å². The molecule has 0 spiro atoms. The highest BCUT2D eigenvalue weighted by atomic mass is 79.9. The highest BCUT2D eigenvalue weighted by Crippen LogP contribution is 2.31. The van der Waals surface area contributed by atoms with E-state index < -0.39 is 5.97 Å². The monoisotopic (exact) mass is 743 g/mol. The molecule has 0 saturated carbocycles. The predicted molar refractivity (Wildman–Crippen MR) is 187 cm³/mol. The van der Waals surface area contributed by atoms with Crippen molar-refractivity contribution in [3.63, 3.8) is 0 Å². The summed E-state index contributed by atoms with van der Waals surface area (Å²) < 4.78 is 2.21. The Hall–Kier alpha value is -2.10. The molecule has 2 heterocycles. The van der Waals surface area contributed by atoms with E-state index in [2.05, 4.69) is 76.0 Å². The van der Waals surface area contributed by atoms with Crippen molar-refractivity contribution in [2.24, 2.45) is 5.73 Å². The van der Waals surface area contributed by atoms with Crippen molar-refractivity contribution in [3.8, 4) is 0 Å². The van der Waals surface area contributed by atoms with Crippen molar-refractivity contribution in [2.45, 2.75) is 84.6 Å². The zero-order chi connectivity index (χ0) is 30.9. The summed E-state index contributed by atoms with van der Waals surface area (Å²) in [6.45, 7) is 4.79. The van der Waals surface area contributed by atoms with E-state index in [1.165, 1.54) is 86.6 Å². The molecule has 2 aliphatic carbocycles. The molecule has 6 rings (SSSR count). The standard InChI is InChI=1S/C18H19BrOS.C9H10O2S.C8H10BrN/c1-12-10-15(19)8-6-13(12)7-9-16(20)18-11-14-4-2-3-5-17(14)21-18;10-9(11)8-5-6-3-1-2-4-7(6)12-8;1-6-4-8(9)3-2-7(6)5-10/h6,8,10-11H,2-5,7,9H2,1H3;5H,1-4H2,(H,10,11);2-4H,5,10H2,1H3. The van der Waals surface area contributed by atoms with Crippen molar-refractivity contribution in [1.29, 1.82) is 0 Å². The SMILES string of the molecule is Cc1cc(Br)ccc1CCC(=O)c1cc2c(s1)CCCC2.Cc1cc(Br)ccc1CN.O=C(O)c1cc2c(s1)CCCC2. The van der Waals surface area contributed by atoms with Crippen LogP contribution in [-0.4, -0.2) is 16.9 Å². The third-order valence-electron chi connectivity index (χ3n) is 7.93. The van der Waals surface area contributed by atoms with Gasteiger partial charge >= 0.3 is 5.97 Å². The number of halogens is 2. The number of carbonyl (C=O) groups excluding carboxylic acids is 1. The number of ketones is 1. The summed E-state index contributed by atoms with van der Waals surface area (Å²) in [7, 11) is 0. The maximum Gasteiger partial charge on any atom is 0.345 e. The number of benzene rings is 2. The Kier molecular flexibility index (Phi) is 12.8. The Balaban J connectivity index is 0.000000163. The molecular formula is C35H39Br2NO3S2. The predicted octanol–water partition coefficient (Wildman–Crippen LogP) is 10.1. The van der Waals surface area contributed by atoms with E-state index in [9.17, 15) is 9.59 Å². The van der Waals surface area contributed by atoms with Crippen molar-refractivity contribution in [3.05, 3.63) is 110 Å². The molecule has 3 N–H and O–H groups in total. The second-order valence-corrected chi connectivity index (χ2v) is 15.2. The van der Waals surface area contributed by atoms with Crippen LogP contribution in [0.25, 0.3) is 0 Å². The molecule has 0 amide bonds. The van der Waals surface area contributed by atoms with Crippen molar-refractivity contribution in [2.75, 3.05) is 0 Å². The second-order valence-electron chi connectivity index (χ2n) is 11.1. The Labute approximate surface area is 280 Å². The first-order chi connectivity index (χ1) is 20.6. The zero-order valence-corrected chi connectivity index (χ0v) is 29.6. The number of Topliss-reactive ketones (excluding diaryl/α,β-unsaturated/α-hetero) is 1. The van der Waals surface area contributed by atoms with Gasteiger partial charge in [0.2, 0.25) is 0 Å². The van der Waals surface area contributed by atoms with Crippen LogP contribution in [-0.2, 0) is 38.6 Å². The number of rotatable bonds is 6. The van der Waals surface area contributed by atoms with E-state index in [1.807, 2.05) is 18.2 Å². The van der Waals surface area contributed by atoms with E-state index in [0.29, 0.717) is 23.6 Å². The van der Waals surface area contributed by atoms with Crippen LogP contribution in [0.3, 0.4) is 0 Å². The fourth-order valence-electron chi connectivity index (χ4n) is 5.42. The lowest BCUT2D eigenvalue weighted by Gasteiger charge is -2.08. The van der Waals surface area contributed by atoms with Crippen LogP contribution >= 0.6 is 54.5 Å². The first-order valence-corrected chi connectivity index (χ1v) is 18.1. The Morgan fingerprint density at radius 3 is 1.72 bits per heavy atom. The smallest absolute Gasteiger partial charge is 0.345 e. The van der Waals surface area contributed by atoms with Gasteiger partial charge < -0.3 is 10.8 Å². The van der Waals surface area contributed by atoms with Gasteiger partial charge in [-0.3, -0.25) is 4.79 Å². The highest BCUT2D eigenvalue weighted by Gasteiger charge is 2.18. The van der Waals surface area contributed by atoms with Gasteiger partial charge in [0.25, 0.3) is 0 Å². The van der Waals surface area contributed by atoms with Gasteiger partial charge in [0.1, 0.15) is 4.88 Å². The zero-order valence-electron chi connectivity index (χ0n) is 24.8. The summed E-state index contributed by atoms with van der Waals surface area (Å²) in [5.41, 5.74) is 13.2. The Morgan fingerprint density at radius 2 is 1.23 bits per heavy atom. The molecule has 0 saturated heterocycles. The van der Waals surface area contributed by atoms with Crippen LogP contribution in [0, 0.1) is 13.8 Å². The second kappa shape index (κ2) is 16.3. The minimum absolute atomic E-state index is 0.303. The Bertz CT molecular complexity index is 1530.